The smallest absolute Gasteiger partial charge is 0.315 e. The molecule has 0 N–H and O–H groups in total. The maximum Gasteiger partial charge on any atom is 0.315 e. The molecule has 0 radical (unpaired) electrons. The normalized spacial score (nSPS) is 23.1. The van der Waals surface area contributed by atoms with Crippen LogP contribution in [0, 0.1) is 11.3 Å². The molecule has 1 aliphatic heterocycles. The minimum atomic E-state index is -0.682. The molecular formula is C24H31NO5. The number of rotatable bonds is 5. The summed E-state index contributed by atoms with van der Waals surface area (Å²) in [6.07, 6.45) is 0.841. The number of ether oxygens (including phenoxy) is 3. The lowest BCUT2D eigenvalue weighted by Gasteiger charge is -2.39. The second-order valence-corrected chi connectivity index (χ2v) is 9.10. The topological polar surface area (TPSA) is 74.2 Å². The van der Waals surface area contributed by atoms with E-state index in [1.165, 1.54) is 0 Å². The van der Waals surface area contributed by atoms with Gasteiger partial charge in [0.15, 0.2) is 5.78 Å². The van der Waals surface area contributed by atoms with Crippen molar-refractivity contribution in [2.75, 3.05) is 14.2 Å². The molecule has 1 aromatic rings. The van der Waals surface area contributed by atoms with Crippen LogP contribution < -0.4 is 9.47 Å². The zero-order valence-corrected chi connectivity index (χ0v) is 18.9. The van der Waals surface area contributed by atoms with Gasteiger partial charge in [-0.1, -0.05) is 19.9 Å². The van der Waals surface area contributed by atoms with Crippen molar-refractivity contribution < 1.29 is 23.8 Å². The Morgan fingerprint density at radius 2 is 1.87 bits per heavy atom. The first kappa shape index (κ1) is 22.1. The van der Waals surface area contributed by atoms with Crippen molar-refractivity contribution in [2.45, 2.75) is 59.5 Å². The highest BCUT2D eigenvalue weighted by Crippen LogP contribution is 2.50. The zero-order valence-electron chi connectivity index (χ0n) is 18.9. The number of methoxy groups -OCH3 is 2. The molecule has 162 valence electrons. The van der Waals surface area contributed by atoms with Crippen LogP contribution in [0.3, 0.4) is 0 Å². The van der Waals surface area contributed by atoms with E-state index in [0.29, 0.717) is 35.6 Å². The highest BCUT2D eigenvalue weighted by atomic mass is 16.5. The van der Waals surface area contributed by atoms with E-state index in [4.69, 9.17) is 19.2 Å². The third-order valence-corrected chi connectivity index (χ3v) is 5.68. The average Bonchev–Trinajstić information content (AvgIpc) is 2.64. The maximum absolute atomic E-state index is 13.3. The van der Waals surface area contributed by atoms with Gasteiger partial charge in [0.1, 0.15) is 17.4 Å². The Balaban J connectivity index is 2.22. The molecule has 0 fully saturated rings. The van der Waals surface area contributed by atoms with Gasteiger partial charge in [0.05, 0.1) is 20.3 Å². The summed E-state index contributed by atoms with van der Waals surface area (Å²) in [6.45, 7) is 9.61. The fourth-order valence-electron chi connectivity index (χ4n) is 4.47. The van der Waals surface area contributed by atoms with Crippen LogP contribution in [0.2, 0.25) is 0 Å². The second-order valence-electron chi connectivity index (χ2n) is 9.10. The molecule has 3 rings (SSSR count). The molecule has 1 unspecified atom stereocenters. The Bertz CT molecular complexity index is 926. The van der Waals surface area contributed by atoms with E-state index in [-0.39, 0.29) is 23.3 Å². The largest absolute Gasteiger partial charge is 0.497 e. The molecule has 2 aliphatic rings. The van der Waals surface area contributed by atoms with Crippen LogP contribution in [0.15, 0.2) is 34.5 Å². The molecule has 0 spiro atoms. The molecule has 1 aromatic carbocycles. The predicted octanol–water partition coefficient (Wildman–Crippen LogP) is 4.47. The summed E-state index contributed by atoms with van der Waals surface area (Å²) >= 11 is 0. The van der Waals surface area contributed by atoms with Crippen molar-refractivity contribution in [3.05, 3.63) is 35.0 Å². The monoisotopic (exact) mass is 413 g/mol. The summed E-state index contributed by atoms with van der Waals surface area (Å²) in [7, 11) is 3.16. The number of hydrogen-bond donors (Lipinski definition) is 0. The highest BCUT2D eigenvalue weighted by Gasteiger charge is 2.47. The van der Waals surface area contributed by atoms with Crippen molar-refractivity contribution in [2.24, 2.45) is 16.3 Å². The van der Waals surface area contributed by atoms with Gasteiger partial charge in [-0.15, -0.1) is 0 Å². The molecule has 1 aliphatic carbocycles. The van der Waals surface area contributed by atoms with E-state index in [9.17, 15) is 9.59 Å². The van der Waals surface area contributed by atoms with E-state index >= 15 is 0 Å². The SMILES string of the molecule is COc1ccc([C@H]2C3=C(CC(C)(C)CC3=O)N=C(C)C2C(=O)OC(C)C)c(OC)c1. The fraction of sp³-hybridized carbons (Fsp3) is 0.542. The number of allylic oxidation sites excluding steroid dienone is 2. The summed E-state index contributed by atoms with van der Waals surface area (Å²) in [5, 5.41) is 0. The zero-order chi connectivity index (χ0) is 22.2. The van der Waals surface area contributed by atoms with Gasteiger partial charge in [0.25, 0.3) is 0 Å². The van der Waals surface area contributed by atoms with E-state index in [1.54, 1.807) is 20.3 Å². The lowest BCUT2D eigenvalue weighted by atomic mass is 9.66. The number of ketones is 1. The number of esters is 1. The predicted molar refractivity (Wildman–Crippen MR) is 115 cm³/mol. The molecule has 0 aromatic heterocycles. The second kappa shape index (κ2) is 8.25. The van der Waals surface area contributed by atoms with Crippen LogP contribution in [0.4, 0.5) is 0 Å². The summed E-state index contributed by atoms with van der Waals surface area (Å²) in [5.41, 5.74) is 2.63. The number of carbonyl (C=O) groups excluding carboxylic acids is 2. The summed E-state index contributed by atoms with van der Waals surface area (Å²) in [4.78, 5) is 31.2. The van der Waals surface area contributed by atoms with Crippen LogP contribution in [-0.2, 0) is 14.3 Å². The number of aliphatic imine (C=N–C) groups is 1. The summed E-state index contributed by atoms with van der Waals surface area (Å²) < 4.78 is 16.5. The molecular weight excluding hydrogens is 382 g/mol. The maximum atomic E-state index is 13.3. The fourth-order valence-corrected chi connectivity index (χ4v) is 4.47. The molecule has 0 saturated heterocycles. The molecule has 0 amide bonds. The van der Waals surface area contributed by atoms with Crippen LogP contribution in [0.1, 0.15) is 58.9 Å². The Morgan fingerprint density at radius 3 is 2.47 bits per heavy atom. The van der Waals surface area contributed by atoms with Gasteiger partial charge < -0.3 is 14.2 Å². The quantitative estimate of drug-likeness (QED) is 0.666. The van der Waals surface area contributed by atoms with Crippen LogP contribution in [0.25, 0.3) is 0 Å². The molecule has 2 atom stereocenters. The first-order chi connectivity index (χ1) is 14.1. The Kier molecular flexibility index (Phi) is 6.06. The van der Waals surface area contributed by atoms with Gasteiger partial charge in [-0.25, -0.2) is 0 Å². The number of nitrogens with zero attached hydrogens (tertiary/aromatic N) is 1. The van der Waals surface area contributed by atoms with Gasteiger partial charge in [-0.3, -0.25) is 14.6 Å². The molecule has 0 saturated carbocycles. The molecule has 1 heterocycles. The first-order valence-electron chi connectivity index (χ1n) is 10.3. The minimum Gasteiger partial charge on any atom is -0.497 e. The van der Waals surface area contributed by atoms with Crippen LogP contribution >= 0.6 is 0 Å². The number of hydrogen-bond acceptors (Lipinski definition) is 6. The first-order valence-corrected chi connectivity index (χ1v) is 10.3. The highest BCUT2D eigenvalue weighted by molar-refractivity contribution is 6.09. The van der Waals surface area contributed by atoms with Crippen molar-refractivity contribution in [1.82, 2.24) is 0 Å². The van der Waals surface area contributed by atoms with Gasteiger partial charge in [-0.2, -0.15) is 0 Å². The summed E-state index contributed by atoms with van der Waals surface area (Å²) in [6, 6.07) is 5.47. The third-order valence-electron chi connectivity index (χ3n) is 5.68. The third kappa shape index (κ3) is 4.13. The average molecular weight is 414 g/mol. The Morgan fingerprint density at radius 1 is 1.17 bits per heavy atom. The van der Waals surface area contributed by atoms with Crippen molar-refractivity contribution in [3.63, 3.8) is 0 Å². The number of Topliss-reactive ketones (excluding diaryl/α,β-unsaturated/α-hetero) is 1. The van der Waals surface area contributed by atoms with Crippen molar-refractivity contribution in [1.29, 1.82) is 0 Å². The number of benzene rings is 1. The van der Waals surface area contributed by atoms with E-state index < -0.39 is 11.8 Å². The molecule has 6 nitrogen and oxygen atoms in total. The summed E-state index contributed by atoms with van der Waals surface area (Å²) in [5.74, 6) is -0.322. The van der Waals surface area contributed by atoms with Gasteiger partial charge in [0, 0.05) is 41.0 Å². The van der Waals surface area contributed by atoms with Crippen LogP contribution in [0.5, 0.6) is 11.5 Å². The van der Waals surface area contributed by atoms with Crippen molar-refractivity contribution >= 4 is 17.5 Å². The minimum absolute atomic E-state index is 0.0303. The molecule has 30 heavy (non-hydrogen) atoms. The van der Waals surface area contributed by atoms with Gasteiger partial charge in [0.2, 0.25) is 0 Å². The van der Waals surface area contributed by atoms with E-state index in [0.717, 1.165) is 11.3 Å². The Hall–Kier alpha value is -2.63. The molecule has 0 bridgehead atoms. The number of carbonyl (C=O) groups is 2. The van der Waals surface area contributed by atoms with Gasteiger partial charge in [-0.05, 0) is 38.7 Å². The van der Waals surface area contributed by atoms with Crippen LogP contribution in [-0.4, -0.2) is 37.8 Å². The van der Waals surface area contributed by atoms with E-state index in [2.05, 4.69) is 13.8 Å². The lowest BCUT2D eigenvalue weighted by molar-refractivity contribution is -0.150. The van der Waals surface area contributed by atoms with Gasteiger partial charge >= 0.3 is 5.97 Å². The molecule has 6 heteroatoms. The van der Waals surface area contributed by atoms with Crippen molar-refractivity contribution in [3.8, 4) is 11.5 Å². The van der Waals surface area contributed by atoms with E-state index in [1.807, 2.05) is 32.9 Å². The lowest BCUT2D eigenvalue weighted by Crippen LogP contribution is -2.40. The Labute approximate surface area is 178 Å². The standard InChI is InChI=1S/C24H31NO5/c1-13(2)30-23(27)20-14(3)25-17-11-24(4,5)12-18(26)22(17)21(20)16-9-8-15(28-6)10-19(16)29-7/h8-10,13,20-21H,11-12H2,1-7H3/t20?,21-/m1/s1.